The Morgan fingerprint density at radius 2 is 2.18 bits per heavy atom. The second kappa shape index (κ2) is 4.45. The van der Waals surface area contributed by atoms with Gasteiger partial charge in [-0.2, -0.15) is 0 Å². The topological polar surface area (TPSA) is 38.1 Å². The summed E-state index contributed by atoms with van der Waals surface area (Å²) in [4.78, 5) is 4.29. The van der Waals surface area contributed by atoms with Crippen molar-refractivity contribution in [3.05, 3.63) is 17.8 Å². The van der Waals surface area contributed by atoms with Gasteiger partial charge in [0.2, 0.25) is 5.89 Å². The van der Waals surface area contributed by atoms with E-state index >= 15 is 0 Å². The summed E-state index contributed by atoms with van der Waals surface area (Å²) in [5, 5.41) is 3.66. The van der Waals surface area contributed by atoms with Gasteiger partial charge in [0, 0.05) is 6.04 Å². The molecule has 1 aromatic heterocycles. The van der Waals surface area contributed by atoms with Crippen LogP contribution in [0.4, 0.5) is 0 Å². The van der Waals surface area contributed by atoms with Crippen molar-refractivity contribution in [3.8, 4) is 0 Å². The van der Waals surface area contributed by atoms with Crippen molar-refractivity contribution in [1.82, 2.24) is 10.3 Å². The zero-order chi connectivity index (χ0) is 12.6. The van der Waals surface area contributed by atoms with Gasteiger partial charge in [-0.15, -0.1) is 0 Å². The monoisotopic (exact) mass is 236 g/mol. The molecule has 3 heteroatoms. The summed E-state index contributed by atoms with van der Waals surface area (Å²) in [5.41, 5.74) is 0.462. The lowest BCUT2D eigenvalue weighted by Gasteiger charge is -2.21. The third-order valence-electron chi connectivity index (χ3n) is 3.81. The third kappa shape index (κ3) is 2.89. The minimum absolute atomic E-state index is 0.199. The number of hydrogen-bond acceptors (Lipinski definition) is 3. The molecule has 2 rings (SSSR count). The van der Waals surface area contributed by atoms with Gasteiger partial charge >= 0.3 is 0 Å². The zero-order valence-corrected chi connectivity index (χ0v) is 11.6. The van der Waals surface area contributed by atoms with E-state index in [9.17, 15) is 0 Å². The van der Waals surface area contributed by atoms with Crippen molar-refractivity contribution in [3.63, 3.8) is 0 Å². The summed E-state index contributed by atoms with van der Waals surface area (Å²) >= 11 is 0. The molecule has 96 valence electrons. The fourth-order valence-electron chi connectivity index (χ4n) is 3.08. The summed E-state index contributed by atoms with van der Waals surface area (Å²) < 4.78 is 5.57. The SMILES string of the molecule is Cc1cnc(C(C)NC2CC(C)(C)CC2C)o1. The van der Waals surface area contributed by atoms with Crippen LogP contribution in [0.25, 0.3) is 0 Å². The fraction of sp³-hybridized carbons (Fsp3) is 0.786. The van der Waals surface area contributed by atoms with E-state index in [2.05, 4.69) is 38.0 Å². The van der Waals surface area contributed by atoms with Crippen molar-refractivity contribution in [1.29, 1.82) is 0 Å². The lowest BCUT2D eigenvalue weighted by atomic mass is 9.91. The molecule has 1 aliphatic carbocycles. The maximum Gasteiger partial charge on any atom is 0.211 e. The third-order valence-corrected chi connectivity index (χ3v) is 3.81. The smallest absolute Gasteiger partial charge is 0.211 e. The minimum atomic E-state index is 0.199. The van der Waals surface area contributed by atoms with E-state index < -0.39 is 0 Å². The van der Waals surface area contributed by atoms with E-state index in [1.165, 1.54) is 12.8 Å². The Bertz CT molecular complexity index is 383. The highest BCUT2D eigenvalue weighted by Crippen LogP contribution is 2.41. The fourth-order valence-corrected chi connectivity index (χ4v) is 3.08. The van der Waals surface area contributed by atoms with Crippen LogP contribution in [-0.4, -0.2) is 11.0 Å². The summed E-state index contributed by atoms with van der Waals surface area (Å²) in [6, 6.07) is 0.775. The van der Waals surface area contributed by atoms with Crippen LogP contribution < -0.4 is 5.32 Å². The summed E-state index contributed by atoms with van der Waals surface area (Å²) in [6.45, 7) is 11.1. The van der Waals surface area contributed by atoms with Crippen molar-refractivity contribution in [2.75, 3.05) is 0 Å². The molecule has 3 atom stereocenters. The summed E-state index contributed by atoms with van der Waals surface area (Å²) in [6.07, 6.45) is 4.32. The highest BCUT2D eigenvalue weighted by molar-refractivity contribution is 4.98. The number of nitrogens with zero attached hydrogens (tertiary/aromatic N) is 1. The summed E-state index contributed by atoms with van der Waals surface area (Å²) in [5.74, 6) is 2.41. The molecule has 1 fully saturated rings. The maximum absolute atomic E-state index is 5.57. The van der Waals surface area contributed by atoms with Gasteiger partial charge in [0.25, 0.3) is 0 Å². The van der Waals surface area contributed by atoms with Crippen molar-refractivity contribution in [2.24, 2.45) is 11.3 Å². The second-order valence-electron chi connectivity index (χ2n) is 6.35. The predicted octanol–water partition coefficient (Wildman–Crippen LogP) is 3.46. The lowest BCUT2D eigenvalue weighted by molar-refractivity contribution is 0.329. The first-order chi connectivity index (χ1) is 7.87. The first-order valence-corrected chi connectivity index (χ1v) is 6.56. The van der Waals surface area contributed by atoms with Crippen LogP contribution in [0.2, 0.25) is 0 Å². The molecule has 0 aromatic carbocycles. The van der Waals surface area contributed by atoms with E-state index in [0.717, 1.165) is 17.6 Å². The molecule has 17 heavy (non-hydrogen) atoms. The van der Waals surface area contributed by atoms with E-state index in [0.29, 0.717) is 11.5 Å². The number of nitrogens with one attached hydrogen (secondary N) is 1. The summed E-state index contributed by atoms with van der Waals surface area (Å²) in [7, 11) is 0. The van der Waals surface area contributed by atoms with Gasteiger partial charge in [0.15, 0.2) is 0 Å². The second-order valence-corrected chi connectivity index (χ2v) is 6.35. The van der Waals surface area contributed by atoms with E-state index in [1.807, 2.05) is 6.92 Å². The highest BCUT2D eigenvalue weighted by Gasteiger charge is 2.37. The first kappa shape index (κ1) is 12.6. The number of oxazole rings is 1. The molecule has 0 amide bonds. The van der Waals surface area contributed by atoms with Crippen molar-refractivity contribution >= 4 is 0 Å². The molecule has 3 unspecified atom stereocenters. The molecule has 0 aliphatic heterocycles. The quantitative estimate of drug-likeness (QED) is 0.873. The van der Waals surface area contributed by atoms with E-state index in [-0.39, 0.29) is 6.04 Å². The molecule has 0 radical (unpaired) electrons. The van der Waals surface area contributed by atoms with Crippen molar-refractivity contribution in [2.45, 2.75) is 59.5 Å². The first-order valence-electron chi connectivity index (χ1n) is 6.56. The largest absolute Gasteiger partial charge is 0.444 e. The van der Waals surface area contributed by atoms with Gasteiger partial charge < -0.3 is 9.73 Å². The van der Waals surface area contributed by atoms with Crippen LogP contribution in [0.5, 0.6) is 0 Å². The molecule has 0 saturated heterocycles. The van der Waals surface area contributed by atoms with Gasteiger partial charge in [-0.1, -0.05) is 20.8 Å². The molecule has 3 nitrogen and oxygen atoms in total. The molecule has 1 aliphatic rings. The molecule has 1 N–H and O–H groups in total. The van der Waals surface area contributed by atoms with Gasteiger partial charge in [-0.3, -0.25) is 0 Å². The number of aryl methyl sites for hydroxylation is 1. The molecule has 1 aromatic rings. The van der Waals surface area contributed by atoms with Gasteiger partial charge in [-0.25, -0.2) is 4.98 Å². The van der Waals surface area contributed by atoms with Crippen LogP contribution in [0.3, 0.4) is 0 Å². The molecule has 0 spiro atoms. The normalized spacial score (nSPS) is 29.5. The van der Waals surface area contributed by atoms with Crippen LogP contribution in [0.15, 0.2) is 10.6 Å². The Morgan fingerprint density at radius 1 is 1.47 bits per heavy atom. The Kier molecular flexibility index (Phi) is 3.30. The Balaban J connectivity index is 1.98. The van der Waals surface area contributed by atoms with Crippen LogP contribution in [0, 0.1) is 18.3 Å². The van der Waals surface area contributed by atoms with Gasteiger partial charge in [0.05, 0.1) is 12.2 Å². The Labute approximate surface area is 104 Å². The maximum atomic E-state index is 5.57. The predicted molar refractivity (Wildman–Crippen MR) is 68.8 cm³/mol. The standard InChI is InChI=1S/C14H24N2O/c1-9-6-14(4,5)7-12(9)16-11(3)13-15-8-10(2)17-13/h8-9,11-12,16H,6-7H2,1-5H3. The van der Waals surface area contributed by atoms with Gasteiger partial charge in [-0.05, 0) is 38.0 Å². The van der Waals surface area contributed by atoms with Crippen molar-refractivity contribution < 1.29 is 4.42 Å². The van der Waals surface area contributed by atoms with Gasteiger partial charge in [0.1, 0.15) is 5.76 Å². The van der Waals surface area contributed by atoms with E-state index in [4.69, 9.17) is 4.42 Å². The molecule has 0 bridgehead atoms. The molecule has 1 saturated carbocycles. The molecular weight excluding hydrogens is 212 g/mol. The zero-order valence-electron chi connectivity index (χ0n) is 11.6. The van der Waals surface area contributed by atoms with Crippen LogP contribution in [0.1, 0.15) is 58.2 Å². The Morgan fingerprint density at radius 3 is 2.65 bits per heavy atom. The molecular formula is C14H24N2O. The molecule has 1 heterocycles. The number of aromatic nitrogens is 1. The highest BCUT2D eigenvalue weighted by atomic mass is 16.4. The average molecular weight is 236 g/mol. The number of rotatable bonds is 3. The lowest BCUT2D eigenvalue weighted by Crippen LogP contribution is -2.33. The van der Waals surface area contributed by atoms with Crippen LogP contribution in [-0.2, 0) is 0 Å². The van der Waals surface area contributed by atoms with Crippen LogP contribution >= 0.6 is 0 Å². The average Bonchev–Trinajstić information content (AvgIpc) is 2.71. The minimum Gasteiger partial charge on any atom is -0.444 e. The number of hydrogen-bond donors (Lipinski definition) is 1. The van der Waals surface area contributed by atoms with E-state index in [1.54, 1.807) is 6.20 Å². The Hall–Kier alpha value is -0.830.